The van der Waals surface area contributed by atoms with Gasteiger partial charge < -0.3 is 20.5 Å². The zero-order valence-electron chi connectivity index (χ0n) is 8.13. The Labute approximate surface area is 98.7 Å². The van der Waals surface area contributed by atoms with Gasteiger partial charge in [-0.25, -0.2) is 4.98 Å². The number of nitrogens with zero attached hydrogens (tertiary/aromatic N) is 2. The Morgan fingerprint density at radius 3 is 2.81 bits per heavy atom. The molecule has 1 atom stereocenters. The van der Waals surface area contributed by atoms with Gasteiger partial charge in [-0.2, -0.15) is 0 Å². The minimum Gasteiger partial charge on any atom is -0.394 e. The smallest absolute Gasteiger partial charge is 0.282 e. The van der Waals surface area contributed by atoms with Crippen LogP contribution in [0.2, 0.25) is 0 Å². The van der Waals surface area contributed by atoms with Crippen molar-refractivity contribution in [1.29, 1.82) is 0 Å². The molecule has 0 fully saturated rings. The standard InChI is InChI=1S/C8H10BrN3O4/c9-5-2-12(1-4(14)3-13)8(16)6(11-5)7(10)15/h2,4,13-14H,1,3H2,(H2,10,15). The summed E-state index contributed by atoms with van der Waals surface area (Å²) in [5, 5.41) is 17.8. The van der Waals surface area contributed by atoms with Crippen molar-refractivity contribution in [3.63, 3.8) is 0 Å². The SMILES string of the molecule is NC(=O)c1nc(Br)cn(CC(O)CO)c1=O. The first kappa shape index (κ1) is 12.8. The van der Waals surface area contributed by atoms with Crippen molar-refractivity contribution in [2.45, 2.75) is 12.6 Å². The largest absolute Gasteiger partial charge is 0.394 e. The summed E-state index contributed by atoms with van der Waals surface area (Å²) in [6.07, 6.45) is 0.209. The summed E-state index contributed by atoms with van der Waals surface area (Å²) in [5.74, 6) is -0.946. The summed E-state index contributed by atoms with van der Waals surface area (Å²) < 4.78 is 1.30. The highest BCUT2D eigenvalue weighted by Crippen LogP contribution is 2.03. The van der Waals surface area contributed by atoms with Crippen molar-refractivity contribution >= 4 is 21.8 Å². The summed E-state index contributed by atoms with van der Waals surface area (Å²) in [5.41, 5.74) is 3.85. The van der Waals surface area contributed by atoms with Gasteiger partial charge >= 0.3 is 0 Å². The molecule has 16 heavy (non-hydrogen) atoms. The van der Waals surface area contributed by atoms with Gasteiger partial charge in [0.1, 0.15) is 4.60 Å². The van der Waals surface area contributed by atoms with E-state index in [9.17, 15) is 14.7 Å². The van der Waals surface area contributed by atoms with Crippen LogP contribution in [0.25, 0.3) is 0 Å². The molecule has 1 unspecified atom stereocenters. The molecule has 0 aliphatic rings. The van der Waals surface area contributed by atoms with Gasteiger partial charge in [0.2, 0.25) is 0 Å². The van der Waals surface area contributed by atoms with E-state index in [0.717, 1.165) is 4.57 Å². The van der Waals surface area contributed by atoms with Crippen molar-refractivity contribution in [1.82, 2.24) is 9.55 Å². The number of aliphatic hydroxyl groups is 2. The van der Waals surface area contributed by atoms with Gasteiger partial charge in [0.05, 0.1) is 19.3 Å². The Morgan fingerprint density at radius 1 is 1.69 bits per heavy atom. The fourth-order valence-electron chi connectivity index (χ4n) is 1.09. The molecule has 4 N–H and O–H groups in total. The maximum Gasteiger partial charge on any atom is 0.282 e. The first-order valence-electron chi connectivity index (χ1n) is 4.31. The van der Waals surface area contributed by atoms with Gasteiger partial charge in [-0.1, -0.05) is 0 Å². The fraction of sp³-hybridized carbons (Fsp3) is 0.375. The molecule has 0 saturated carbocycles. The molecule has 0 spiro atoms. The van der Waals surface area contributed by atoms with Gasteiger partial charge in [-0.05, 0) is 15.9 Å². The van der Waals surface area contributed by atoms with Gasteiger partial charge in [0.25, 0.3) is 11.5 Å². The topological polar surface area (TPSA) is 118 Å². The summed E-state index contributed by atoms with van der Waals surface area (Å²) >= 11 is 3.00. The van der Waals surface area contributed by atoms with E-state index in [1.807, 2.05) is 0 Å². The lowest BCUT2D eigenvalue weighted by Gasteiger charge is -2.10. The highest BCUT2D eigenvalue weighted by Gasteiger charge is 2.14. The Kier molecular flexibility index (Phi) is 4.16. The van der Waals surface area contributed by atoms with E-state index >= 15 is 0 Å². The van der Waals surface area contributed by atoms with E-state index in [0.29, 0.717) is 0 Å². The van der Waals surface area contributed by atoms with Crippen LogP contribution in [0.5, 0.6) is 0 Å². The van der Waals surface area contributed by atoms with Crippen LogP contribution in [0.3, 0.4) is 0 Å². The van der Waals surface area contributed by atoms with E-state index in [-0.39, 0.29) is 11.1 Å². The van der Waals surface area contributed by atoms with Crippen LogP contribution >= 0.6 is 15.9 Å². The molecule has 0 radical (unpaired) electrons. The average Bonchev–Trinajstić information content (AvgIpc) is 2.22. The predicted molar refractivity (Wildman–Crippen MR) is 57.8 cm³/mol. The zero-order valence-corrected chi connectivity index (χ0v) is 9.72. The number of halogens is 1. The second-order valence-corrected chi connectivity index (χ2v) is 3.88. The number of amides is 1. The molecule has 0 aliphatic carbocycles. The number of aromatic nitrogens is 2. The average molecular weight is 292 g/mol. The highest BCUT2D eigenvalue weighted by molar-refractivity contribution is 9.10. The van der Waals surface area contributed by atoms with E-state index in [4.69, 9.17) is 10.8 Å². The number of aliphatic hydroxyl groups excluding tert-OH is 2. The Balaban J connectivity index is 3.19. The number of carbonyl (C=O) groups is 1. The van der Waals surface area contributed by atoms with Gasteiger partial charge in [-0.3, -0.25) is 9.59 Å². The second kappa shape index (κ2) is 5.19. The van der Waals surface area contributed by atoms with Crippen LogP contribution in [0, 0.1) is 0 Å². The summed E-state index contributed by atoms with van der Waals surface area (Å²) in [7, 11) is 0. The third-order valence-corrected chi connectivity index (χ3v) is 2.18. The highest BCUT2D eigenvalue weighted by atomic mass is 79.9. The number of nitrogens with two attached hydrogens (primary N) is 1. The molecular weight excluding hydrogens is 282 g/mol. The number of carbonyl (C=O) groups excluding carboxylic acids is 1. The number of rotatable bonds is 4. The molecule has 88 valence electrons. The molecule has 1 amide bonds. The van der Waals surface area contributed by atoms with Crippen molar-refractivity contribution < 1.29 is 15.0 Å². The minimum absolute atomic E-state index is 0.142. The number of hydrogen-bond donors (Lipinski definition) is 3. The van der Waals surface area contributed by atoms with Crippen LogP contribution in [0.4, 0.5) is 0 Å². The first-order valence-corrected chi connectivity index (χ1v) is 5.10. The van der Waals surface area contributed by atoms with Gasteiger partial charge in [-0.15, -0.1) is 0 Å². The van der Waals surface area contributed by atoms with Crippen LogP contribution in [0.1, 0.15) is 10.5 Å². The molecule has 1 aromatic heterocycles. The normalized spacial score (nSPS) is 12.4. The molecule has 1 rings (SSSR count). The van der Waals surface area contributed by atoms with E-state index < -0.39 is 29.9 Å². The molecule has 0 bridgehead atoms. The summed E-state index contributed by atoms with van der Waals surface area (Å²) in [6.45, 7) is -0.630. The monoisotopic (exact) mass is 291 g/mol. The lowest BCUT2D eigenvalue weighted by molar-refractivity contribution is 0.0799. The molecule has 1 heterocycles. The van der Waals surface area contributed by atoms with Crippen molar-refractivity contribution in [3.8, 4) is 0 Å². The van der Waals surface area contributed by atoms with Crippen molar-refractivity contribution in [3.05, 3.63) is 26.8 Å². The molecule has 8 heteroatoms. The summed E-state index contributed by atoms with van der Waals surface area (Å²) in [6, 6.07) is 0. The number of primary amides is 1. The third kappa shape index (κ3) is 2.87. The zero-order chi connectivity index (χ0) is 12.3. The minimum atomic E-state index is -1.09. The quantitative estimate of drug-likeness (QED) is 0.621. The summed E-state index contributed by atoms with van der Waals surface area (Å²) in [4.78, 5) is 26.1. The lowest BCUT2D eigenvalue weighted by atomic mass is 10.3. The molecule has 0 saturated heterocycles. The second-order valence-electron chi connectivity index (χ2n) is 3.07. The van der Waals surface area contributed by atoms with E-state index in [2.05, 4.69) is 20.9 Å². The Bertz CT molecular complexity index is 459. The van der Waals surface area contributed by atoms with Gasteiger partial charge in [0.15, 0.2) is 5.69 Å². The number of hydrogen-bond acceptors (Lipinski definition) is 5. The molecule has 0 aromatic carbocycles. The predicted octanol–water partition coefficient (Wildman–Crippen LogP) is -1.54. The molecule has 7 nitrogen and oxygen atoms in total. The van der Waals surface area contributed by atoms with Crippen molar-refractivity contribution in [2.75, 3.05) is 6.61 Å². The molecular formula is C8H10BrN3O4. The maximum atomic E-state index is 11.6. The lowest BCUT2D eigenvalue weighted by Crippen LogP contribution is -2.34. The third-order valence-electron chi connectivity index (χ3n) is 1.80. The van der Waals surface area contributed by atoms with Crippen LogP contribution < -0.4 is 11.3 Å². The Hall–Kier alpha value is -1.25. The van der Waals surface area contributed by atoms with Crippen molar-refractivity contribution in [2.24, 2.45) is 5.73 Å². The van der Waals surface area contributed by atoms with Crippen LogP contribution in [-0.2, 0) is 6.54 Å². The van der Waals surface area contributed by atoms with E-state index in [1.54, 1.807) is 0 Å². The van der Waals surface area contributed by atoms with E-state index in [1.165, 1.54) is 6.20 Å². The molecule has 0 aliphatic heterocycles. The first-order chi connectivity index (χ1) is 7.45. The van der Waals surface area contributed by atoms with Crippen LogP contribution in [0.15, 0.2) is 15.6 Å². The fourth-order valence-corrected chi connectivity index (χ4v) is 1.51. The van der Waals surface area contributed by atoms with Gasteiger partial charge in [0, 0.05) is 6.20 Å². The maximum absolute atomic E-state index is 11.6. The Morgan fingerprint density at radius 2 is 2.31 bits per heavy atom. The van der Waals surface area contributed by atoms with Crippen LogP contribution in [-0.4, -0.2) is 38.4 Å². The molecule has 1 aromatic rings.